The van der Waals surface area contributed by atoms with E-state index in [-0.39, 0.29) is 6.04 Å². The van der Waals surface area contributed by atoms with Crippen molar-refractivity contribution in [3.05, 3.63) is 30.2 Å². The minimum absolute atomic E-state index is 0.109. The summed E-state index contributed by atoms with van der Waals surface area (Å²) >= 11 is 0. The summed E-state index contributed by atoms with van der Waals surface area (Å²) in [5.41, 5.74) is 7.75. The van der Waals surface area contributed by atoms with Gasteiger partial charge in [-0.25, -0.2) is 4.98 Å². The molecule has 0 saturated carbocycles. The van der Waals surface area contributed by atoms with Gasteiger partial charge >= 0.3 is 0 Å². The van der Waals surface area contributed by atoms with Crippen molar-refractivity contribution in [3.8, 4) is 0 Å². The van der Waals surface area contributed by atoms with Gasteiger partial charge in [-0.2, -0.15) is 0 Å². The number of hydrogen-bond donors (Lipinski definition) is 1. The fraction of sp³-hybridized carbons (Fsp3) is 0.417. The third-order valence-corrected chi connectivity index (χ3v) is 2.85. The second-order valence-corrected chi connectivity index (χ2v) is 3.93. The topological polar surface area (TPSA) is 52.0 Å². The van der Waals surface area contributed by atoms with E-state index in [1.54, 1.807) is 0 Å². The lowest BCUT2D eigenvalue weighted by Crippen LogP contribution is -2.18. The molecule has 2 unspecified atom stereocenters. The zero-order valence-corrected chi connectivity index (χ0v) is 9.10. The Kier molecular flexibility index (Phi) is 2.73. The van der Waals surface area contributed by atoms with Crippen molar-refractivity contribution < 1.29 is 4.42 Å². The summed E-state index contributed by atoms with van der Waals surface area (Å²) in [6.07, 6.45) is 1.03. The van der Waals surface area contributed by atoms with Gasteiger partial charge < -0.3 is 10.2 Å². The first-order valence-corrected chi connectivity index (χ1v) is 5.33. The summed E-state index contributed by atoms with van der Waals surface area (Å²) in [6, 6.07) is 7.62. The highest BCUT2D eigenvalue weighted by molar-refractivity contribution is 5.72. The number of fused-ring (bicyclic) bond motifs is 1. The van der Waals surface area contributed by atoms with Gasteiger partial charge in [-0.1, -0.05) is 32.4 Å². The van der Waals surface area contributed by atoms with E-state index in [1.807, 2.05) is 24.3 Å². The first kappa shape index (κ1) is 10.2. The summed E-state index contributed by atoms with van der Waals surface area (Å²) in [6.45, 7) is 4.23. The lowest BCUT2D eigenvalue weighted by molar-refractivity contribution is 0.375. The molecule has 2 aromatic rings. The average molecular weight is 204 g/mol. The van der Waals surface area contributed by atoms with Gasteiger partial charge in [0.05, 0.1) is 6.04 Å². The number of nitrogens with two attached hydrogens (primary N) is 1. The predicted molar refractivity (Wildman–Crippen MR) is 60.4 cm³/mol. The van der Waals surface area contributed by atoms with Crippen LogP contribution in [0.2, 0.25) is 0 Å². The van der Waals surface area contributed by atoms with E-state index >= 15 is 0 Å². The molecule has 80 valence electrons. The molecule has 0 amide bonds. The minimum atomic E-state index is -0.109. The van der Waals surface area contributed by atoms with Crippen molar-refractivity contribution in [2.45, 2.75) is 26.3 Å². The highest BCUT2D eigenvalue weighted by atomic mass is 16.3. The van der Waals surface area contributed by atoms with Crippen LogP contribution in [-0.2, 0) is 0 Å². The molecule has 0 aliphatic rings. The van der Waals surface area contributed by atoms with Gasteiger partial charge in [0.25, 0.3) is 0 Å². The molecule has 1 heterocycles. The van der Waals surface area contributed by atoms with Crippen LogP contribution in [0.15, 0.2) is 28.7 Å². The van der Waals surface area contributed by atoms with E-state index in [0.29, 0.717) is 11.8 Å². The van der Waals surface area contributed by atoms with Crippen LogP contribution >= 0.6 is 0 Å². The predicted octanol–water partition coefficient (Wildman–Crippen LogP) is 2.87. The fourth-order valence-electron chi connectivity index (χ4n) is 1.53. The Morgan fingerprint density at radius 2 is 2.13 bits per heavy atom. The van der Waals surface area contributed by atoms with Crippen molar-refractivity contribution in [2.24, 2.45) is 11.7 Å². The van der Waals surface area contributed by atoms with E-state index in [1.165, 1.54) is 0 Å². The smallest absolute Gasteiger partial charge is 0.212 e. The third kappa shape index (κ3) is 1.88. The molecule has 2 atom stereocenters. The molecule has 2 N–H and O–H groups in total. The van der Waals surface area contributed by atoms with Crippen LogP contribution in [0.4, 0.5) is 0 Å². The summed E-state index contributed by atoms with van der Waals surface area (Å²) in [5, 5.41) is 0. The number of oxazole rings is 1. The molecular formula is C12H16N2O. The molecule has 0 saturated heterocycles. The molecule has 0 spiro atoms. The first-order chi connectivity index (χ1) is 7.22. The zero-order chi connectivity index (χ0) is 10.8. The fourth-order valence-corrected chi connectivity index (χ4v) is 1.53. The van der Waals surface area contributed by atoms with E-state index in [0.717, 1.165) is 17.5 Å². The van der Waals surface area contributed by atoms with Crippen LogP contribution in [0.25, 0.3) is 11.1 Å². The Bertz CT molecular complexity index is 417. The van der Waals surface area contributed by atoms with Crippen molar-refractivity contribution >= 4 is 11.1 Å². The number of para-hydroxylation sites is 2. The Hall–Kier alpha value is -1.35. The van der Waals surface area contributed by atoms with Gasteiger partial charge in [-0.05, 0) is 18.1 Å². The SMILES string of the molecule is CCC(C)C(N)c1nc2ccccc2o1. The summed E-state index contributed by atoms with van der Waals surface area (Å²) in [7, 11) is 0. The molecule has 0 radical (unpaired) electrons. The molecule has 3 nitrogen and oxygen atoms in total. The minimum Gasteiger partial charge on any atom is -0.439 e. The monoisotopic (exact) mass is 204 g/mol. The molecule has 15 heavy (non-hydrogen) atoms. The van der Waals surface area contributed by atoms with Gasteiger partial charge in [0.15, 0.2) is 5.58 Å². The summed E-state index contributed by atoms with van der Waals surface area (Å²) in [4.78, 5) is 4.39. The highest BCUT2D eigenvalue weighted by Crippen LogP contribution is 2.24. The van der Waals surface area contributed by atoms with Crippen molar-refractivity contribution in [3.63, 3.8) is 0 Å². The van der Waals surface area contributed by atoms with Crippen LogP contribution in [0.1, 0.15) is 32.2 Å². The second-order valence-electron chi connectivity index (χ2n) is 3.93. The summed E-state index contributed by atoms with van der Waals surface area (Å²) < 4.78 is 5.62. The number of aromatic nitrogens is 1. The lowest BCUT2D eigenvalue weighted by atomic mass is 10.0. The van der Waals surface area contributed by atoms with Gasteiger partial charge in [-0.15, -0.1) is 0 Å². The highest BCUT2D eigenvalue weighted by Gasteiger charge is 2.18. The van der Waals surface area contributed by atoms with Crippen LogP contribution in [0.5, 0.6) is 0 Å². The molecule has 0 fully saturated rings. The van der Waals surface area contributed by atoms with E-state index in [9.17, 15) is 0 Å². The van der Waals surface area contributed by atoms with Crippen LogP contribution in [0, 0.1) is 5.92 Å². The zero-order valence-electron chi connectivity index (χ0n) is 9.10. The normalized spacial score (nSPS) is 15.4. The number of benzene rings is 1. The third-order valence-electron chi connectivity index (χ3n) is 2.85. The molecular weight excluding hydrogens is 188 g/mol. The van der Waals surface area contributed by atoms with Crippen molar-refractivity contribution in [1.29, 1.82) is 0 Å². The quantitative estimate of drug-likeness (QED) is 0.836. The maximum atomic E-state index is 6.06. The Labute approximate surface area is 89.3 Å². The molecule has 0 bridgehead atoms. The van der Waals surface area contributed by atoms with E-state index in [2.05, 4.69) is 18.8 Å². The van der Waals surface area contributed by atoms with Crippen molar-refractivity contribution in [1.82, 2.24) is 4.98 Å². The van der Waals surface area contributed by atoms with E-state index < -0.39 is 0 Å². The molecule has 2 rings (SSSR count). The van der Waals surface area contributed by atoms with Crippen LogP contribution in [-0.4, -0.2) is 4.98 Å². The lowest BCUT2D eigenvalue weighted by Gasteiger charge is -2.13. The molecule has 1 aromatic heterocycles. The Morgan fingerprint density at radius 3 is 2.80 bits per heavy atom. The van der Waals surface area contributed by atoms with Gasteiger partial charge in [-0.3, -0.25) is 0 Å². The average Bonchev–Trinajstić information content (AvgIpc) is 2.70. The molecule has 3 heteroatoms. The number of hydrogen-bond acceptors (Lipinski definition) is 3. The molecule has 0 aliphatic heterocycles. The largest absolute Gasteiger partial charge is 0.439 e. The number of rotatable bonds is 3. The Balaban J connectivity index is 2.36. The van der Waals surface area contributed by atoms with E-state index in [4.69, 9.17) is 10.2 Å². The van der Waals surface area contributed by atoms with Crippen LogP contribution in [0.3, 0.4) is 0 Å². The molecule has 1 aromatic carbocycles. The first-order valence-electron chi connectivity index (χ1n) is 5.33. The van der Waals surface area contributed by atoms with Gasteiger partial charge in [0, 0.05) is 0 Å². The second kappa shape index (κ2) is 4.03. The van der Waals surface area contributed by atoms with Crippen molar-refractivity contribution in [2.75, 3.05) is 0 Å². The standard InChI is InChI=1S/C12H16N2O/c1-3-8(2)11(13)12-14-9-6-4-5-7-10(9)15-12/h4-8,11H,3,13H2,1-2H3. The maximum Gasteiger partial charge on any atom is 0.212 e. The molecule has 0 aliphatic carbocycles. The summed E-state index contributed by atoms with van der Waals surface area (Å²) in [5.74, 6) is 1.03. The maximum absolute atomic E-state index is 6.06. The van der Waals surface area contributed by atoms with Crippen LogP contribution < -0.4 is 5.73 Å². The number of nitrogens with zero attached hydrogens (tertiary/aromatic N) is 1. The van der Waals surface area contributed by atoms with Gasteiger partial charge in [0.2, 0.25) is 5.89 Å². The van der Waals surface area contributed by atoms with Gasteiger partial charge in [0.1, 0.15) is 5.52 Å². The Morgan fingerprint density at radius 1 is 1.40 bits per heavy atom.